The molecule has 1 fully saturated rings. The molecule has 1 aromatic carbocycles. The summed E-state index contributed by atoms with van der Waals surface area (Å²) in [5.74, 6) is -0.655. The number of halogens is 2. The van der Waals surface area contributed by atoms with Crippen LogP contribution in [0.15, 0.2) is 18.7 Å². The Kier molecular flexibility index (Phi) is 5.03. The summed E-state index contributed by atoms with van der Waals surface area (Å²) in [6, 6.07) is 1.87. The molecule has 2 aliphatic rings. The van der Waals surface area contributed by atoms with E-state index in [1.807, 2.05) is 12.1 Å². The van der Waals surface area contributed by atoms with Crippen LogP contribution >= 0.6 is 0 Å². The molecule has 1 aliphatic heterocycles. The highest BCUT2D eigenvalue weighted by molar-refractivity contribution is 5.42. The largest absolute Gasteiger partial charge is 0.487 e. The van der Waals surface area contributed by atoms with E-state index in [2.05, 4.69) is 13.5 Å². The van der Waals surface area contributed by atoms with Gasteiger partial charge in [0.25, 0.3) is 0 Å². The van der Waals surface area contributed by atoms with Crippen molar-refractivity contribution in [3.05, 3.63) is 41.5 Å². The molecular weight excluding hydrogens is 294 g/mol. The van der Waals surface area contributed by atoms with E-state index in [0.29, 0.717) is 11.5 Å². The van der Waals surface area contributed by atoms with Gasteiger partial charge < -0.3 is 4.74 Å². The molecule has 0 aromatic heterocycles. The summed E-state index contributed by atoms with van der Waals surface area (Å²) in [4.78, 5) is 0. The SMILES string of the molecule is C=CC1CCC(c2cc3c(c(F)c2F)OC(CCC)CC3)CC1. The van der Waals surface area contributed by atoms with E-state index in [9.17, 15) is 8.78 Å². The number of benzene rings is 1. The number of aryl methyl sites for hydroxylation is 1. The minimum atomic E-state index is -0.774. The van der Waals surface area contributed by atoms with Crippen molar-refractivity contribution in [2.45, 2.75) is 70.3 Å². The van der Waals surface area contributed by atoms with Crippen LogP contribution < -0.4 is 4.74 Å². The molecule has 1 unspecified atom stereocenters. The first kappa shape index (κ1) is 16.5. The molecule has 126 valence electrons. The van der Waals surface area contributed by atoms with E-state index in [0.717, 1.165) is 56.9 Å². The molecule has 23 heavy (non-hydrogen) atoms. The van der Waals surface area contributed by atoms with Crippen LogP contribution in [-0.2, 0) is 6.42 Å². The predicted octanol–water partition coefficient (Wildman–Crippen LogP) is 5.92. The Balaban J connectivity index is 1.84. The molecule has 1 heterocycles. The number of hydrogen-bond donors (Lipinski definition) is 0. The van der Waals surface area contributed by atoms with Crippen molar-refractivity contribution in [3.8, 4) is 5.75 Å². The predicted molar refractivity (Wildman–Crippen MR) is 88.9 cm³/mol. The molecule has 1 saturated carbocycles. The molecule has 3 rings (SSSR count). The average molecular weight is 320 g/mol. The molecule has 0 N–H and O–H groups in total. The van der Waals surface area contributed by atoms with Crippen LogP contribution in [0.5, 0.6) is 5.75 Å². The van der Waals surface area contributed by atoms with Gasteiger partial charge in [-0.1, -0.05) is 19.4 Å². The van der Waals surface area contributed by atoms with E-state index >= 15 is 0 Å². The minimum Gasteiger partial charge on any atom is -0.487 e. The molecule has 1 atom stereocenters. The highest BCUT2D eigenvalue weighted by atomic mass is 19.2. The molecule has 0 radical (unpaired) electrons. The van der Waals surface area contributed by atoms with Crippen LogP contribution in [0.1, 0.15) is 68.9 Å². The third kappa shape index (κ3) is 3.29. The van der Waals surface area contributed by atoms with Gasteiger partial charge in [-0.3, -0.25) is 0 Å². The van der Waals surface area contributed by atoms with Crippen molar-refractivity contribution in [3.63, 3.8) is 0 Å². The second-order valence-electron chi connectivity index (χ2n) is 7.00. The molecule has 1 nitrogen and oxygen atoms in total. The van der Waals surface area contributed by atoms with Crippen molar-refractivity contribution in [2.75, 3.05) is 0 Å². The fourth-order valence-corrected chi connectivity index (χ4v) is 4.03. The number of hydrogen-bond acceptors (Lipinski definition) is 1. The Labute approximate surface area is 137 Å². The maximum atomic E-state index is 14.6. The molecule has 0 spiro atoms. The number of allylic oxidation sites excluding steroid dienone is 1. The summed E-state index contributed by atoms with van der Waals surface area (Å²) in [6.45, 7) is 5.92. The second kappa shape index (κ2) is 7.02. The normalized spacial score (nSPS) is 27.2. The van der Waals surface area contributed by atoms with E-state index in [4.69, 9.17) is 4.74 Å². The number of fused-ring (bicyclic) bond motifs is 1. The molecular formula is C20H26F2O. The Morgan fingerprint density at radius 2 is 1.91 bits per heavy atom. The Morgan fingerprint density at radius 1 is 1.17 bits per heavy atom. The van der Waals surface area contributed by atoms with Crippen molar-refractivity contribution in [1.29, 1.82) is 0 Å². The summed E-state index contributed by atoms with van der Waals surface area (Å²) in [5, 5.41) is 0. The fourth-order valence-electron chi connectivity index (χ4n) is 4.03. The second-order valence-corrected chi connectivity index (χ2v) is 7.00. The van der Waals surface area contributed by atoms with Crippen LogP contribution in [0.3, 0.4) is 0 Å². The van der Waals surface area contributed by atoms with Crippen molar-refractivity contribution in [2.24, 2.45) is 5.92 Å². The summed E-state index contributed by atoms with van der Waals surface area (Å²) >= 11 is 0. The molecule has 0 bridgehead atoms. The molecule has 3 heteroatoms. The lowest BCUT2D eigenvalue weighted by Gasteiger charge is -2.30. The zero-order chi connectivity index (χ0) is 16.4. The number of rotatable bonds is 4. The topological polar surface area (TPSA) is 9.23 Å². The van der Waals surface area contributed by atoms with Gasteiger partial charge in [0.05, 0.1) is 6.10 Å². The molecule has 1 aromatic rings. The third-order valence-electron chi connectivity index (χ3n) is 5.44. The van der Waals surface area contributed by atoms with Crippen molar-refractivity contribution in [1.82, 2.24) is 0 Å². The summed E-state index contributed by atoms with van der Waals surface area (Å²) < 4.78 is 34.9. The smallest absolute Gasteiger partial charge is 0.201 e. The lowest BCUT2D eigenvalue weighted by atomic mass is 9.78. The average Bonchev–Trinajstić information content (AvgIpc) is 2.59. The van der Waals surface area contributed by atoms with Gasteiger partial charge >= 0.3 is 0 Å². The van der Waals surface area contributed by atoms with Gasteiger partial charge in [-0.25, -0.2) is 4.39 Å². The van der Waals surface area contributed by atoms with Crippen LogP contribution in [0.2, 0.25) is 0 Å². The van der Waals surface area contributed by atoms with E-state index in [1.165, 1.54) is 0 Å². The van der Waals surface area contributed by atoms with E-state index < -0.39 is 11.6 Å². The first-order valence-corrected chi connectivity index (χ1v) is 8.94. The Bertz CT molecular complexity index is 573. The minimum absolute atomic E-state index is 0.0234. The van der Waals surface area contributed by atoms with Crippen LogP contribution in [-0.4, -0.2) is 6.10 Å². The van der Waals surface area contributed by atoms with Gasteiger partial charge in [0.2, 0.25) is 5.82 Å². The fraction of sp³-hybridized carbons (Fsp3) is 0.600. The van der Waals surface area contributed by atoms with Gasteiger partial charge in [-0.2, -0.15) is 4.39 Å². The highest BCUT2D eigenvalue weighted by Crippen LogP contribution is 2.42. The standard InChI is InChI=1S/C20H26F2O/c1-3-5-16-11-10-15-12-17(18(21)19(22)20(15)23-16)14-8-6-13(4-2)7-9-14/h4,12-14,16H,2-3,5-11H2,1H3. The van der Waals surface area contributed by atoms with Crippen molar-refractivity contribution >= 4 is 0 Å². The summed E-state index contributed by atoms with van der Waals surface area (Å²) in [7, 11) is 0. The van der Waals surface area contributed by atoms with Gasteiger partial charge in [0, 0.05) is 0 Å². The van der Waals surface area contributed by atoms with E-state index in [1.54, 1.807) is 0 Å². The first-order chi connectivity index (χ1) is 11.1. The molecule has 0 amide bonds. The van der Waals surface area contributed by atoms with Crippen LogP contribution in [0.25, 0.3) is 0 Å². The molecule has 0 saturated heterocycles. The van der Waals surface area contributed by atoms with Crippen molar-refractivity contribution < 1.29 is 13.5 Å². The van der Waals surface area contributed by atoms with Gasteiger partial charge in [-0.05, 0) is 74.0 Å². The lowest BCUT2D eigenvalue weighted by Crippen LogP contribution is -2.24. The zero-order valence-corrected chi connectivity index (χ0v) is 13.9. The zero-order valence-electron chi connectivity index (χ0n) is 13.9. The monoisotopic (exact) mass is 320 g/mol. The molecule has 1 aliphatic carbocycles. The lowest BCUT2D eigenvalue weighted by molar-refractivity contribution is 0.152. The quantitative estimate of drug-likeness (QED) is 0.626. The summed E-state index contributed by atoms with van der Waals surface area (Å²) in [5.41, 5.74) is 1.40. The maximum Gasteiger partial charge on any atom is 0.201 e. The highest BCUT2D eigenvalue weighted by Gasteiger charge is 2.30. The van der Waals surface area contributed by atoms with Crippen LogP contribution in [0.4, 0.5) is 8.78 Å². The van der Waals surface area contributed by atoms with Gasteiger partial charge in [-0.15, -0.1) is 6.58 Å². The number of ether oxygens (including phenoxy) is 1. The Hall–Kier alpha value is -1.38. The summed E-state index contributed by atoms with van der Waals surface area (Å²) in [6.07, 6.45) is 9.43. The maximum absolute atomic E-state index is 14.6. The Morgan fingerprint density at radius 3 is 2.57 bits per heavy atom. The van der Waals surface area contributed by atoms with Gasteiger partial charge in [0.1, 0.15) is 0 Å². The first-order valence-electron chi connectivity index (χ1n) is 8.94. The van der Waals surface area contributed by atoms with Gasteiger partial charge in [0.15, 0.2) is 11.6 Å². The van der Waals surface area contributed by atoms with Crippen LogP contribution in [0, 0.1) is 17.6 Å². The third-order valence-corrected chi connectivity index (χ3v) is 5.44. The van der Waals surface area contributed by atoms with E-state index in [-0.39, 0.29) is 17.8 Å².